The lowest BCUT2D eigenvalue weighted by Crippen LogP contribution is -2.27. The van der Waals surface area contributed by atoms with E-state index in [4.69, 9.17) is 11.6 Å². The topological polar surface area (TPSA) is 61.9 Å². The molecule has 0 unspecified atom stereocenters. The number of hydrogen-bond acceptors (Lipinski definition) is 3. The second-order valence-corrected chi connectivity index (χ2v) is 4.51. The lowest BCUT2D eigenvalue weighted by molar-refractivity contribution is 0.0777. The Balaban J connectivity index is 2.17. The summed E-state index contributed by atoms with van der Waals surface area (Å²) in [5.41, 5.74) is -0.0674. The fourth-order valence-corrected chi connectivity index (χ4v) is 1.79. The highest BCUT2D eigenvalue weighted by atomic mass is 35.5. The summed E-state index contributed by atoms with van der Waals surface area (Å²) in [6.07, 6.45) is 0. The number of amides is 1. The first-order valence-corrected chi connectivity index (χ1v) is 5.94. The number of nitrogens with zero attached hydrogens (tertiary/aromatic N) is 3. The van der Waals surface area contributed by atoms with Crippen LogP contribution in [0.4, 0.5) is 4.39 Å². The van der Waals surface area contributed by atoms with E-state index in [9.17, 15) is 9.18 Å². The normalized spacial score (nSPS) is 10.5. The molecule has 0 fully saturated rings. The zero-order chi connectivity index (χ0) is 14.0. The van der Waals surface area contributed by atoms with Crippen molar-refractivity contribution in [2.75, 3.05) is 7.05 Å². The average Bonchev–Trinajstić information content (AvgIpc) is 2.77. The van der Waals surface area contributed by atoms with Gasteiger partial charge in [-0.3, -0.25) is 9.89 Å². The number of nitrogens with one attached hydrogen (secondary N) is 1. The van der Waals surface area contributed by atoms with Gasteiger partial charge in [-0.05, 0) is 19.1 Å². The second-order valence-electron chi connectivity index (χ2n) is 4.10. The Labute approximate surface area is 114 Å². The molecule has 0 atom stereocenters. The van der Waals surface area contributed by atoms with Crippen molar-refractivity contribution in [1.29, 1.82) is 0 Å². The zero-order valence-electron chi connectivity index (χ0n) is 10.4. The molecule has 0 saturated heterocycles. The van der Waals surface area contributed by atoms with Gasteiger partial charge >= 0.3 is 0 Å². The van der Waals surface area contributed by atoms with Crippen molar-refractivity contribution in [2.45, 2.75) is 13.5 Å². The SMILES string of the molecule is Cc1nc(CN(C)C(=O)c2cccc(Cl)c2F)n[nH]1. The highest BCUT2D eigenvalue weighted by molar-refractivity contribution is 6.31. The third kappa shape index (κ3) is 2.90. The van der Waals surface area contributed by atoms with Crippen molar-refractivity contribution in [1.82, 2.24) is 20.1 Å². The van der Waals surface area contributed by atoms with Crippen LogP contribution in [0.1, 0.15) is 22.0 Å². The quantitative estimate of drug-likeness (QED) is 0.938. The minimum Gasteiger partial charge on any atom is -0.334 e. The van der Waals surface area contributed by atoms with Crippen molar-refractivity contribution in [3.8, 4) is 0 Å². The minimum absolute atomic E-state index is 0.0674. The van der Waals surface area contributed by atoms with Gasteiger partial charge in [0.1, 0.15) is 5.82 Å². The Kier molecular flexibility index (Phi) is 3.80. The molecule has 2 rings (SSSR count). The molecule has 0 radical (unpaired) electrons. The third-order valence-corrected chi connectivity index (χ3v) is 2.84. The minimum atomic E-state index is -0.716. The molecule has 100 valence electrons. The molecule has 1 heterocycles. The number of H-pyrrole nitrogens is 1. The average molecular weight is 283 g/mol. The predicted molar refractivity (Wildman–Crippen MR) is 68.3 cm³/mol. The summed E-state index contributed by atoms with van der Waals surface area (Å²) >= 11 is 5.65. The summed E-state index contributed by atoms with van der Waals surface area (Å²) in [4.78, 5) is 17.5. The van der Waals surface area contributed by atoms with Crippen molar-refractivity contribution in [2.24, 2.45) is 0 Å². The standard InChI is InChI=1S/C12H12ClFN4O/c1-7-15-10(17-16-7)6-18(2)12(19)8-4-3-5-9(13)11(8)14/h3-5H,6H2,1-2H3,(H,15,16,17). The van der Waals surface area contributed by atoms with Crippen LogP contribution in [0, 0.1) is 12.7 Å². The summed E-state index contributed by atoms with van der Waals surface area (Å²) in [5, 5.41) is 6.52. The number of rotatable bonds is 3. The smallest absolute Gasteiger partial charge is 0.257 e. The molecular formula is C12H12ClFN4O. The molecule has 0 spiro atoms. The van der Waals surface area contributed by atoms with E-state index in [-0.39, 0.29) is 17.1 Å². The van der Waals surface area contributed by atoms with Gasteiger partial charge in [0, 0.05) is 7.05 Å². The summed E-state index contributed by atoms with van der Waals surface area (Å²) in [6.45, 7) is 1.95. The molecule has 1 aromatic carbocycles. The number of aromatic amines is 1. The fraction of sp³-hybridized carbons (Fsp3) is 0.250. The Morgan fingerprint density at radius 3 is 2.89 bits per heavy atom. The molecule has 2 aromatic rings. The lowest BCUT2D eigenvalue weighted by atomic mass is 10.2. The van der Waals surface area contributed by atoms with Gasteiger partial charge in [-0.2, -0.15) is 5.10 Å². The van der Waals surface area contributed by atoms with Gasteiger partial charge in [0.15, 0.2) is 11.6 Å². The molecule has 0 bridgehead atoms. The fourth-order valence-electron chi connectivity index (χ4n) is 1.62. The summed E-state index contributed by atoms with van der Waals surface area (Å²) in [5.74, 6) is -0.0600. The van der Waals surface area contributed by atoms with Gasteiger partial charge in [0.2, 0.25) is 0 Å². The van der Waals surface area contributed by atoms with E-state index >= 15 is 0 Å². The Bertz CT molecular complexity index is 614. The summed E-state index contributed by atoms with van der Waals surface area (Å²) in [6, 6.07) is 4.32. The Morgan fingerprint density at radius 2 is 2.26 bits per heavy atom. The third-order valence-electron chi connectivity index (χ3n) is 2.55. The van der Waals surface area contributed by atoms with Crippen LogP contribution in [0.3, 0.4) is 0 Å². The molecule has 19 heavy (non-hydrogen) atoms. The van der Waals surface area contributed by atoms with Crippen molar-refractivity contribution < 1.29 is 9.18 Å². The molecule has 0 aliphatic heterocycles. The number of halogens is 2. The van der Waals surface area contributed by atoms with Crippen LogP contribution in [-0.2, 0) is 6.54 Å². The maximum Gasteiger partial charge on any atom is 0.257 e. The molecule has 0 aliphatic rings. The molecular weight excluding hydrogens is 271 g/mol. The lowest BCUT2D eigenvalue weighted by Gasteiger charge is -2.15. The van der Waals surface area contributed by atoms with Gasteiger partial charge in [-0.15, -0.1) is 0 Å². The first kappa shape index (κ1) is 13.5. The molecule has 0 saturated carbocycles. The zero-order valence-corrected chi connectivity index (χ0v) is 11.2. The van der Waals surface area contributed by atoms with Crippen LogP contribution in [0.15, 0.2) is 18.2 Å². The van der Waals surface area contributed by atoms with Gasteiger partial charge in [-0.25, -0.2) is 9.37 Å². The van der Waals surface area contributed by atoms with Gasteiger partial charge in [-0.1, -0.05) is 17.7 Å². The molecule has 0 aliphatic carbocycles. The summed E-state index contributed by atoms with van der Waals surface area (Å²) in [7, 11) is 1.55. The molecule has 1 N–H and O–H groups in total. The monoisotopic (exact) mass is 282 g/mol. The first-order chi connectivity index (χ1) is 8.99. The molecule has 1 amide bonds. The maximum absolute atomic E-state index is 13.7. The largest absolute Gasteiger partial charge is 0.334 e. The van der Waals surface area contributed by atoms with E-state index in [0.29, 0.717) is 11.6 Å². The predicted octanol–water partition coefficient (Wildman–Crippen LogP) is 2.18. The number of aryl methyl sites for hydroxylation is 1. The van der Waals surface area contributed by atoms with Crippen LogP contribution in [-0.4, -0.2) is 33.0 Å². The van der Waals surface area contributed by atoms with Crippen LogP contribution >= 0.6 is 11.6 Å². The van der Waals surface area contributed by atoms with Gasteiger partial charge in [0.05, 0.1) is 17.1 Å². The van der Waals surface area contributed by atoms with Crippen LogP contribution in [0.25, 0.3) is 0 Å². The van der Waals surface area contributed by atoms with Crippen molar-refractivity contribution >= 4 is 17.5 Å². The van der Waals surface area contributed by atoms with Crippen molar-refractivity contribution in [3.63, 3.8) is 0 Å². The van der Waals surface area contributed by atoms with Crippen LogP contribution < -0.4 is 0 Å². The van der Waals surface area contributed by atoms with E-state index < -0.39 is 11.7 Å². The molecule has 7 heteroatoms. The van der Waals surface area contributed by atoms with E-state index in [2.05, 4.69) is 15.2 Å². The number of carbonyl (C=O) groups excluding carboxylic acids is 1. The number of carbonyl (C=O) groups is 1. The van der Waals surface area contributed by atoms with Crippen LogP contribution in [0.5, 0.6) is 0 Å². The first-order valence-electron chi connectivity index (χ1n) is 5.56. The number of hydrogen-bond donors (Lipinski definition) is 1. The maximum atomic E-state index is 13.7. The van der Waals surface area contributed by atoms with E-state index in [1.807, 2.05) is 0 Å². The Morgan fingerprint density at radius 1 is 1.53 bits per heavy atom. The molecule has 1 aromatic heterocycles. The highest BCUT2D eigenvalue weighted by Crippen LogP contribution is 2.19. The van der Waals surface area contributed by atoms with E-state index in [1.54, 1.807) is 14.0 Å². The van der Waals surface area contributed by atoms with Crippen LogP contribution in [0.2, 0.25) is 5.02 Å². The van der Waals surface area contributed by atoms with Gasteiger partial charge in [0.25, 0.3) is 5.91 Å². The van der Waals surface area contributed by atoms with E-state index in [0.717, 1.165) is 0 Å². The second kappa shape index (κ2) is 5.36. The number of benzene rings is 1. The highest BCUT2D eigenvalue weighted by Gasteiger charge is 2.19. The Hall–Kier alpha value is -1.95. The molecule has 5 nitrogen and oxygen atoms in total. The van der Waals surface area contributed by atoms with Crippen molar-refractivity contribution in [3.05, 3.63) is 46.3 Å². The van der Waals surface area contributed by atoms with E-state index in [1.165, 1.54) is 23.1 Å². The number of aromatic nitrogens is 3. The van der Waals surface area contributed by atoms with Gasteiger partial charge < -0.3 is 4.90 Å². The summed E-state index contributed by atoms with van der Waals surface area (Å²) < 4.78 is 13.7.